The average molecular weight is 224 g/mol. The molecule has 2 aliphatic heterocycles. The molecule has 1 unspecified atom stereocenters. The third-order valence-electron chi connectivity index (χ3n) is 4.84. The predicted octanol–water partition coefficient (Wildman–Crippen LogP) is 2.50. The Kier molecular flexibility index (Phi) is 4.26. The van der Waals surface area contributed by atoms with Crippen LogP contribution in [0.1, 0.15) is 45.4 Å². The van der Waals surface area contributed by atoms with Crippen LogP contribution in [-0.4, -0.2) is 38.1 Å². The van der Waals surface area contributed by atoms with Gasteiger partial charge in [-0.2, -0.15) is 0 Å². The monoisotopic (exact) mass is 224 g/mol. The Hall–Kier alpha value is -0.0800. The van der Waals surface area contributed by atoms with Gasteiger partial charge >= 0.3 is 0 Å². The molecule has 94 valence electrons. The highest BCUT2D eigenvalue weighted by molar-refractivity contribution is 4.93. The van der Waals surface area contributed by atoms with E-state index in [-0.39, 0.29) is 0 Å². The summed E-state index contributed by atoms with van der Waals surface area (Å²) in [7, 11) is 2.27. The minimum absolute atomic E-state index is 0.647. The van der Waals surface area contributed by atoms with Crippen molar-refractivity contribution < 1.29 is 0 Å². The maximum atomic E-state index is 3.66. The Morgan fingerprint density at radius 3 is 2.62 bits per heavy atom. The van der Waals surface area contributed by atoms with E-state index in [1.54, 1.807) is 0 Å². The van der Waals surface area contributed by atoms with E-state index in [0.717, 1.165) is 5.92 Å². The van der Waals surface area contributed by atoms with Crippen molar-refractivity contribution in [1.29, 1.82) is 0 Å². The van der Waals surface area contributed by atoms with E-state index in [0.29, 0.717) is 5.41 Å². The van der Waals surface area contributed by atoms with E-state index in [2.05, 4.69) is 24.2 Å². The van der Waals surface area contributed by atoms with Gasteiger partial charge in [0.25, 0.3) is 0 Å². The first-order valence-electron chi connectivity index (χ1n) is 7.16. The first-order valence-corrected chi connectivity index (χ1v) is 7.16. The van der Waals surface area contributed by atoms with Gasteiger partial charge in [-0.3, -0.25) is 0 Å². The molecular weight excluding hydrogens is 196 g/mol. The van der Waals surface area contributed by atoms with Crippen LogP contribution in [0.2, 0.25) is 0 Å². The highest BCUT2D eigenvalue weighted by Gasteiger charge is 2.39. The molecule has 2 aliphatic rings. The van der Waals surface area contributed by atoms with Crippen molar-refractivity contribution in [3.05, 3.63) is 0 Å². The van der Waals surface area contributed by atoms with Gasteiger partial charge in [-0.05, 0) is 70.1 Å². The highest BCUT2D eigenvalue weighted by Crippen LogP contribution is 2.43. The fourth-order valence-corrected chi connectivity index (χ4v) is 3.88. The van der Waals surface area contributed by atoms with Crippen LogP contribution in [-0.2, 0) is 0 Å². The number of nitrogens with zero attached hydrogens (tertiary/aromatic N) is 1. The summed E-state index contributed by atoms with van der Waals surface area (Å²) in [5.74, 6) is 0.983. The molecule has 0 aliphatic carbocycles. The molecule has 16 heavy (non-hydrogen) atoms. The van der Waals surface area contributed by atoms with E-state index in [1.807, 2.05) is 0 Å². The summed E-state index contributed by atoms with van der Waals surface area (Å²) in [5.41, 5.74) is 0.647. The van der Waals surface area contributed by atoms with Gasteiger partial charge in [-0.15, -0.1) is 0 Å². The molecule has 1 N–H and O–H groups in total. The van der Waals surface area contributed by atoms with Gasteiger partial charge in [0.05, 0.1) is 0 Å². The topological polar surface area (TPSA) is 15.3 Å². The number of likely N-dealkylation sites (tertiary alicyclic amines) is 1. The number of piperidine rings is 2. The van der Waals surface area contributed by atoms with Crippen LogP contribution in [0.4, 0.5) is 0 Å². The number of rotatable bonds is 3. The number of nitrogens with one attached hydrogen (secondary N) is 1. The Balaban J connectivity index is 2.00. The summed E-state index contributed by atoms with van der Waals surface area (Å²) in [4.78, 5) is 2.49. The normalized spacial score (nSPS) is 34.1. The van der Waals surface area contributed by atoms with Crippen LogP contribution in [0, 0.1) is 11.3 Å². The van der Waals surface area contributed by atoms with E-state index in [4.69, 9.17) is 0 Å². The molecule has 1 atom stereocenters. The predicted molar refractivity (Wildman–Crippen MR) is 69.7 cm³/mol. The summed E-state index contributed by atoms with van der Waals surface area (Å²) in [6.07, 6.45) is 8.52. The maximum absolute atomic E-state index is 3.66. The van der Waals surface area contributed by atoms with E-state index in [9.17, 15) is 0 Å². The second-order valence-corrected chi connectivity index (χ2v) is 5.97. The lowest BCUT2D eigenvalue weighted by molar-refractivity contribution is 0.0504. The maximum Gasteiger partial charge on any atom is 0.00105 e. The number of hydrogen-bond acceptors (Lipinski definition) is 2. The molecule has 0 aromatic heterocycles. The SMILES string of the molecule is CCCC1(C2CCN(C)CC2)CCCNC1. The van der Waals surface area contributed by atoms with Crippen molar-refractivity contribution in [3.8, 4) is 0 Å². The first kappa shape index (κ1) is 12.4. The molecule has 2 heteroatoms. The van der Waals surface area contributed by atoms with E-state index >= 15 is 0 Å². The van der Waals surface area contributed by atoms with Crippen LogP contribution in [0.25, 0.3) is 0 Å². The third kappa shape index (κ3) is 2.60. The zero-order valence-electron chi connectivity index (χ0n) is 11.1. The molecule has 0 saturated carbocycles. The molecule has 2 heterocycles. The lowest BCUT2D eigenvalue weighted by Gasteiger charge is -2.47. The zero-order chi connectivity index (χ0) is 11.4. The highest BCUT2D eigenvalue weighted by atomic mass is 15.1. The molecule has 2 fully saturated rings. The second kappa shape index (κ2) is 5.50. The second-order valence-electron chi connectivity index (χ2n) is 5.97. The van der Waals surface area contributed by atoms with Gasteiger partial charge in [-0.1, -0.05) is 13.3 Å². The Morgan fingerprint density at radius 1 is 1.31 bits per heavy atom. The smallest absolute Gasteiger partial charge is 0.00105 e. The summed E-state index contributed by atoms with van der Waals surface area (Å²) in [6, 6.07) is 0. The van der Waals surface area contributed by atoms with Gasteiger partial charge < -0.3 is 10.2 Å². The molecule has 0 bridgehead atoms. The van der Waals surface area contributed by atoms with Crippen LogP contribution in [0.3, 0.4) is 0 Å². The van der Waals surface area contributed by atoms with Crippen molar-refractivity contribution in [2.75, 3.05) is 33.2 Å². The van der Waals surface area contributed by atoms with Gasteiger partial charge in [0.1, 0.15) is 0 Å². The van der Waals surface area contributed by atoms with Gasteiger partial charge in [0.2, 0.25) is 0 Å². The van der Waals surface area contributed by atoms with Crippen molar-refractivity contribution in [2.45, 2.75) is 45.4 Å². The molecule has 2 rings (SSSR count). The molecule has 0 radical (unpaired) electrons. The molecule has 2 nitrogen and oxygen atoms in total. The minimum atomic E-state index is 0.647. The minimum Gasteiger partial charge on any atom is -0.316 e. The Labute approximate surface area is 101 Å². The third-order valence-corrected chi connectivity index (χ3v) is 4.84. The Bertz CT molecular complexity index is 195. The van der Waals surface area contributed by atoms with Gasteiger partial charge in [0, 0.05) is 6.54 Å². The van der Waals surface area contributed by atoms with Crippen LogP contribution >= 0.6 is 0 Å². The Morgan fingerprint density at radius 2 is 2.06 bits per heavy atom. The standard InChI is InChI=1S/C14H28N2/c1-3-7-14(8-4-9-15-12-14)13-5-10-16(2)11-6-13/h13,15H,3-12H2,1-2H3. The largest absolute Gasteiger partial charge is 0.316 e. The van der Waals surface area contributed by atoms with Gasteiger partial charge in [0.15, 0.2) is 0 Å². The molecule has 0 spiro atoms. The van der Waals surface area contributed by atoms with Crippen molar-refractivity contribution in [1.82, 2.24) is 10.2 Å². The summed E-state index contributed by atoms with van der Waals surface area (Å²) in [5, 5.41) is 3.66. The quantitative estimate of drug-likeness (QED) is 0.792. The van der Waals surface area contributed by atoms with Gasteiger partial charge in [-0.25, -0.2) is 0 Å². The van der Waals surface area contributed by atoms with Crippen LogP contribution in [0.15, 0.2) is 0 Å². The molecular formula is C14H28N2. The lowest BCUT2D eigenvalue weighted by atomic mass is 9.64. The fraction of sp³-hybridized carbons (Fsp3) is 1.00. The summed E-state index contributed by atoms with van der Waals surface area (Å²) < 4.78 is 0. The summed E-state index contributed by atoms with van der Waals surface area (Å²) >= 11 is 0. The molecule has 0 aromatic carbocycles. The lowest BCUT2D eigenvalue weighted by Crippen LogP contribution is -2.48. The summed E-state index contributed by atoms with van der Waals surface area (Å²) in [6.45, 7) is 7.52. The van der Waals surface area contributed by atoms with Crippen LogP contribution in [0.5, 0.6) is 0 Å². The first-order chi connectivity index (χ1) is 7.77. The average Bonchev–Trinajstić information content (AvgIpc) is 2.31. The van der Waals surface area contributed by atoms with Crippen molar-refractivity contribution >= 4 is 0 Å². The zero-order valence-corrected chi connectivity index (χ0v) is 11.1. The van der Waals surface area contributed by atoms with E-state index < -0.39 is 0 Å². The number of hydrogen-bond donors (Lipinski definition) is 1. The molecule has 2 saturated heterocycles. The molecule has 0 aromatic rings. The van der Waals surface area contributed by atoms with Crippen molar-refractivity contribution in [2.24, 2.45) is 11.3 Å². The fourth-order valence-electron chi connectivity index (χ4n) is 3.88. The van der Waals surface area contributed by atoms with Crippen molar-refractivity contribution in [3.63, 3.8) is 0 Å². The van der Waals surface area contributed by atoms with E-state index in [1.165, 1.54) is 64.7 Å². The van der Waals surface area contributed by atoms with Crippen LogP contribution < -0.4 is 5.32 Å². The molecule has 0 amide bonds.